The number of aryl methyl sites for hydroxylation is 1. The van der Waals surface area contributed by atoms with Crippen LogP contribution in [0, 0.1) is 12.3 Å². The monoisotopic (exact) mass is 473 g/mol. The molecule has 0 bridgehead atoms. The van der Waals surface area contributed by atoms with Crippen molar-refractivity contribution >= 4 is 40.6 Å². The number of rotatable bonds is 5. The van der Waals surface area contributed by atoms with Crippen LogP contribution in [0.1, 0.15) is 49.9 Å². The lowest BCUT2D eigenvalue weighted by atomic mass is 9.97. The van der Waals surface area contributed by atoms with Gasteiger partial charge in [0.15, 0.2) is 0 Å². The molecule has 2 aromatic carbocycles. The number of allylic oxidation sites excluding steroid dienone is 2. The van der Waals surface area contributed by atoms with Crippen molar-refractivity contribution in [2.24, 2.45) is 11.5 Å². The average molecular weight is 474 g/mol. The summed E-state index contributed by atoms with van der Waals surface area (Å²) in [5, 5.41) is 11.4. The van der Waals surface area contributed by atoms with Crippen molar-refractivity contribution < 1.29 is 4.79 Å². The van der Waals surface area contributed by atoms with Crippen molar-refractivity contribution in [1.82, 2.24) is 9.97 Å². The summed E-state index contributed by atoms with van der Waals surface area (Å²) < 4.78 is 0. The minimum Gasteiger partial charge on any atom is -0.402 e. The summed E-state index contributed by atoms with van der Waals surface area (Å²) in [7, 11) is 0. The van der Waals surface area contributed by atoms with Gasteiger partial charge in [-0.15, -0.1) is 0 Å². The van der Waals surface area contributed by atoms with E-state index in [-0.39, 0.29) is 5.54 Å². The summed E-state index contributed by atoms with van der Waals surface area (Å²) in [6, 6.07) is 10.1. The van der Waals surface area contributed by atoms with Gasteiger partial charge in [0, 0.05) is 47.2 Å². The number of amides is 1. The molecule has 1 aromatic heterocycles. The fourth-order valence-electron chi connectivity index (χ4n) is 4.06. The summed E-state index contributed by atoms with van der Waals surface area (Å²) in [4.78, 5) is 22.2. The number of nitrogens with two attached hydrogens (primary N) is 2. The van der Waals surface area contributed by atoms with Crippen LogP contribution < -0.4 is 21.7 Å². The first-order valence-corrected chi connectivity index (χ1v) is 11.6. The van der Waals surface area contributed by atoms with Gasteiger partial charge in [-0.2, -0.15) is 0 Å². The number of carbonyl (C=O) groups is 1. The fourth-order valence-corrected chi connectivity index (χ4v) is 4.06. The molecule has 8 heteroatoms. The molecule has 8 nitrogen and oxygen atoms in total. The van der Waals surface area contributed by atoms with Gasteiger partial charge >= 0.3 is 0 Å². The summed E-state index contributed by atoms with van der Waals surface area (Å²) in [5.41, 5.74) is 18.7. The van der Waals surface area contributed by atoms with E-state index < -0.39 is 0 Å². The van der Waals surface area contributed by atoms with Gasteiger partial charge in [0.1, 0.15) is 12.1 Å². The third-order valence-corrected chi connectivity index (χ3v) is 5.53. The summed E-state index contributed by atoms with van der Waals surface area (Å²) >= 11 is 0. The second-order valence-electron chi connectivity index (χ2n) is 9.91. The Bertz CT molecular complexity index is 1260. The van der Waals surface area contributed by atoms with Gasteiger partial charge in [0.05, 0.1) is 5.52 Å². The molecule has 0 spiro atoms. The Balaban J connectivity index is 0.000000623. The molecule has 0 saturated heterocycles. The number of benzene rings is 2. The van der Waals surface area contributed by atoms with Crippen LogP contribution >= 0.6 is 0 Å². The molecule has 184 valence electrons. The minimum absolute atomic E-state index is 0. The van der Waals surface area contributed by atoms with Gasteiger partial charge < -0.3 is 27.1 Å². The molecule has 1 aliphatic rings. The molecule has 35 heavy (non-hydrogen) atoms. The molecule has 6 N–H and O–H groups in total. The number of hydrogen-bond donors (Lipinski definition) is 4. The predicted molar refractivity (Wildman–Crippen MR) is 145 cm³/mol. The first-order chi connectivity index (χ1) is 16.5. The first kappa shape index (κ1) is 25.8. The lowest BCUT2D eigenvalue weighted by molar-refractivity contribution is -0.105. The number of carbonyl (C=O) groups excluding carboxylic acids is 1. The van der Waals surface area contributed by atoms with Crippen LogP contribution in [0.25, 0.3) is 16.5 Å². The van der Waals surface area contributed by atoms with E-state index >= 15 is 0 Å². The van der Waals surface area contributed by atoms with Crippen molar-refractivity contribution in [1.29, 1.82) is 5.41 Å². The molecule has 0 aliphatic carbocycles. The number of hydrogen-bond acceptors (Lipinski definition) is 7. The number of nitrogens with zero attached hydrogens (tertiary/aromatic N) is 3. The maximum atomic E-state index is 10.8. The second-order valence-corrected chi connectivity index (χ2v) is 9.91. The van der Waals surface area contributed by atoms with Gasteiger partial charge in [-0.3, -0.25) is 4.79 Å². The van der Waals surface area contributed by atoms with E-state index in [0.717, 1.165) is 46.5 Å². The molecule has 0 unspecified atom stereocenters. The zero-order valence-electron chi connectivity index (χ0n) is 21.1. The summed E-state index contributed by atoms with van der Waals surface area (Å²) in [5.74, 6) is 0.864. The largest absolute Gasteiger partial charge is 0.402 e. The van der Waals surface area contributed by atoms with Crippen molar-refractivity contribution in [2.45, 2.75) is 53.1 Å². The Morgan fingerprint density at radius 3 is 2.51 bits per heavy atom. The predicted octanol–water partition coefficient (Wildman–Crippen LogP) is 4.15. The van der Waals surface area contributed by atoms with E-state index in [2.05, 4.69) is 26.3 Å². The van der Waals surface area contributed by atoms with E-state index in [4.69, 9.17) is 16.9 Å². The number of fused-ring (bicyclic) bond motifs is 2. The highest BCUT2D eigenvalue weighted by Crippen LogP contribution is 2.32. The Morgan fingerprint density at radius 1 is 1.17 bits per heavy atom. The molecule has 0 fully saturated rings. The second kappa shape index (κ2) is 10.7. The van der Waals surface area contributed by atoms with Crippen molar-refractivity contribution in [3.8, 4) is 0 Å². The van der Waals surface area contributed by atoms with E-state index in [1.54, 1.807) is 13.3 Å². The molecule has 0 saturated carbocycles. The van der Waals surface area contributed by atoms with Gasteiger partial charge in [-0.05, 0) is 87.6 Å². The molecule has 0 radical (unpaired) electrons. The molecule has 4 rings (SSSR count). The van der Waals surface area contributed by atoms with Crippen LogP contribution in [-0.2, 0) is 17.8 Å². The summed E-state index contributed by atoms with van der Waals surface area (Å²) in [6.07, 6.45) is 4.48. The number of anilines is 2. The molecule has 1 aliphatic heterocycles. The van der Waals surface area contributed by atoms with Crippen LogP contribution in [0.5, 0.6) is 0 Å². The van der Waals surface area contributed by atoms with E-state index in [1.807, 2.05) is 52.0 Å². The SMILES string of the molecule is C/C(N)=C(/C=N)c1cc(C)c2ncnc(N3CCc4ccc(NC=O)cc4C3)c2c1.CC(C)(C)N. The summed E-state index contributed by atoms with van der Waals surface area (Å²) in [6.45, 7) is 11.2. The average Bonchev–Trinajstić information content (AvgIpc) is 2.78. The number of nitrogens with one attached hydrogen (secondary N) is 2. The molecule has 1 amide bonds. The first-order valence-electron chi connectivity index (χ1n) is 11.6. The van der Waals surface area contributed by atoms with Gasteiger partial charge in [0.2, 0.25) is 6.41 Å². The third-order valence-electron chi connectivity index (χ3n) is 5.53. The van der Waals surface area contributed by atoms with Crippen LogP contribution in [0.2, 0.25) is 0 Å². The van der Waals surface area contributed by atoms with Crippen LogP contribution in [0.15, 0.2) is 42.4 Å². The van der Waals surface area contributed by atoms with Crippen LogP contribution in [0.3, 0.4) is 0 Å². The topological polar surface area (TPSA) is 134 Å². The highest BCUT2D eigenvalue weighted by Gasteiger charge is 2.21. The van der Waals surface area contributed by atoms with Crippen molar-refractivity contribution in [3.05, 3.63) is 64.6 Å². The third kappa shape index (κ3) is 6.42. The maximum absolute atomic E-state index is 10.8. The Morgan fingerprint density at radius 2 is 1.89 bits per heavy atom. The standard InChI is InChI=1S/C23H24N6O.C4H11N/c1-14-7-17(21(10-24)15(2)25)9-20-22(14)26-12-27-23(20)29-6-5-16-3-4-19(28-13-30)8-18(16)11-29;1-4(2,3)5/h3-4,7-10,12-13,24H,5-6,11,25H2,1-2H3,(H,28,30);5H2,1-3H3/b21-15+,24-10?;. The molecule has 2 heterocycles. The Kier molecular flexibility index (Phi) is 7.86. The zero-order chi connectivity index (χ0) is 25.8. The van der Waals surface area contributed by atoms with E-state index in [0.29, 0.717) is 24.2 Å². The molecule has 0 atom stereocenters. The normalized spacial score (nSPS) is 13.8. The Labute approximate surface area is 207 Å². The molecule has 3 aromatic rings. The van der Waals surface area contributed by atoms with Gasteiger partial charge in [0.25, 0.3) is 0 Å². The highest BCUT2D eigenvalue weighted by molar-refractivity contribution is 6.11. The Hall–Kier alpha value is -3.78. The lowest BCUT2D eigenvalue weighted by Crippen LogP contribution is -2.31. The van der Waals surface area contributed by atoms with E-state index in [9.17, 15) is 4.79 Å². The number of aromatic nitrogens is 2. The van der Waals surface area contributed by atoms with Gasteiger partial charge in [-0.1, -0.05) is 6.07 Å². The van der Waals surface area contributed by atoms with Crippen LogP contribution in [0.4, 0.5) is 11.5 Å². The van der Waals surface area contributed by atoms with Crippen molar-refractivity contribution in [2.75, 3.05) is 16.8 Å². The zero-order valence-corrected chi connectivity index (χ0v) is 21.1. The minimum atomic E-state index is 0. The highest BCUT2D eigenvalue weighted by atomic mass is 16.1. The van der Waals surface area contributed by atoms with E-state index in [1.165, 1.54) is 17.3 Å². The fraction of sp³-hybridized carbons (Fsp3) is 0.333. The molecular formula is C27H35N7O. The smallest absolute Gasteiger partial charge is 0.211 e. The maximum Gasteiger partial charge on any atom is 0.211 e. The van der Waals surface area contributed by atoms with Crippen LogP contribution in [-0.4, -0.2) is 34.7 Å². The van der Waals surface area contributed by atoms with Crippen molar-refractivity contribution in [3.63, 3.8) is 0 Å². The quantitative estimate of drug-likeness (QED) is 0.325. The lowest BCUT2D eigenvalue weighted by Gasteiger charge is -2.31. The molecular weight excluding hydrogens is 438 g/mol. The van der Waals surface area contributed by atoms with Gasteiger partial charge in [-0.25, -0.2) is 9.97 Å².